The Bertz CT molecular complexity index is 466. The Morgan fingerprint density at radius 3 is 2.94 bits per heavy atom. The number of Topliss-reactive ketones (excluding diaryl/α,β-unsaturated/α-hetero) is 1. The molecule has 0 aromatic heterocycles. The molecule has 0 fully saturated rings. The zero-order valence-electron chi connectivity index (χ0n) is 9.99. The molecule has 17 heavy (non-hydrogen) atoms. The number of carbonyl (C=O) groups is 1. The predicted octanol–water partition coefficient (Wildman–Crippen LogP) is 1.45. The van der Waals surface area contributed by atoms with Crippen LogP contribution < -0.4 is 11.1 Å². The lowest BCUT2D eigenvalue weighted by atomic mass is 9.96. The van der Waals surface area contributed by atoms with Crippen molar-refractivity contribution < 1.29 is 4.79 Å². The molecule has 2 rings (SSSR count). The normalized spacial score (nSPS) is 14.2. The summed E-state index contributed by atoms with van der Waals surface area (Å²) < 4.78 is 0. The average molecular weight is 231 g/mol. The molecule has 1 aliphatic heterocycles. The second-order valence-corrected chi connectivity index (χ2v) is 4.08. The van der Waals surface area contributed by atoms with E-state index in [1.807, 2.05) is 18.2 Å². The Kier molecular flexibility index (Phi) is 3.54. The third kappa shape index (κ3) is 2.36. The molecule has 1 aliphatic rings. The van der Waals surface area contributed by atoms with E-state index in [-0.39, 0.29) is 12.3 Å². The summed E-state index contributed by atoms with van der Waals surface area (Å²) in [4.78, 5) is 16.0. The van der Waals surface area contributed by atoms with Crippen LogP contribution in [-0.4, -0.2) is 31.1 Å². The van der Waals surface area contributed by atoms with E-state index in [2.05, 4.69) is 17.2 Å². The van der Waals surface area contributed by atoms with E-state index in [0.29, 0.717) is 6.54 Å². The molecule has 0 unspecified atom stereocenters. The van der Waals surface area contributed by atoms with E-state index in [4.69, 9.17) is 5.73 Å². The minimum atomic E-state index is 0.0670. The molecule has 0 spiro atoms. The second kappa shape index (κ2) is 5.10. The number of carbonyl (C=O) groups excluding carboxylic acids is 1. The quantitative estimate of drug-likeness (QED) is 0.824. The van der Waals surface area contributed by atoms with Gasteiger partial charge in [-0.3, -0.25) is 9.79 Å². The van der Waals surface area contributed by atoms with Gasteiger partial charge in [-0.05, 0) is 18.6 Å². The van der Waals surface area contributed by atoms with Crippen LogP contribution in [0.25, 0.3) is 0 Å². The van der Waals surface area contributed by atoms with Crippen molar-refractivity contribution in [3.05, 3.63) is 29.3 Å². The number of hydrogen-bond donors (Lipinski definition) is 2. The summed E-state index contributed by atoms with van der Waals surface area (Å²) in [6.45, 7) is 3.61. The standard InChI is InChI=1S/C13H17N3O/c1-2-5-15-9-3-4-10-11(6-9)13(17)8-16-12(10)7-14/h3-4,6,15H,2,5,7-8,14H2,1H3. The lowest BCUT2D eigenvalue weighted by molar-refractivity contribution is 0.1000. The number of anilines is 1. The number of ketones is 1. The Labute approximate surface area is 101 Å². The average Bonchev–Trinajstić information content (AvgIpc) is 2.37. The fourth-order valence-corrected chi connectivity index (χ4v) is 1.92. The lowest BCUT2D eigenvalue weighted by Crippen LogP contribution is -2.25. The number of nitrogens with zero attached hydrogens (tertiary/aromatic N) is 1. The molecule has 4 heteroatoms. The lowest BCUT2D eigenvalue weighted by Gasteiger charge is -2.16. The van der Waals surface area contributed by atoms with Crippen LogP contribution in [0.2, 0.25) is 0 Å². The first-order valence-corrected chi connectivity index (χ1v) is 5.91. The van der Waals surface area contributed by atoms with Gasteiger partial charge in [-0.25, -0.2) is 0 Å². The molecule has 4 nitrogen and oxygen atoms in total. The second-order valence-electron chi connectivity index (χ2n) is 4.08. The molecule has 0 saturated carbocycles. The van der Waals surface area contributed by atoms with Crippen molar-refractivity contribution in [1.29, 1.82) is 0 Å². The largest absolute Gasteiger partial charge is 0.385 e. The summed E-state index contributed by atoms with van der Waals surface area (Å²) in [5, 5.41) is 3.27. The van der Waals surface area contributed by atoms with Crippen molar-refractivity contribution in [2.24, 2.45) is 10.7 Å². The van der Waals surface area contributed by atoms with Gasteiger partial charge in [-0.1, -0.05) is 13.0 Å². The molecule has 0 amide bonds. The number of rotatable bonds is 4. The Morgan fingerprint density at radius 2 is 2.24 bits per heavy atom. The summed E-state index contributed by atoms with van der Waals surface area (Å²) in [7, 11) is 0. The highest BCUT2D eigenvalue weighted by Crippen LogP contribution is 2.20. The first kappa shape index (κ1) is 11.8. The highest BCUT2D eigenvalue weighted by Gasteiger charge is 2.19. The van der Waals surface area contributed by atoms with Gasteiger partial charge in [0.2, 0.25) is 0 Å². The third-order valence-electron chi connectivity index (χ3n) is 2.82. The van der Waals surface area contributed by atoms with Gasteiger partial charge in [0.1, 0.15) is 6.54 Å². The molecule has 1 aromatic carbocycles. The molecule has 0 aliphatic carbocycles. The Hall–Kier alpha value is -1.68. The van der Waals surface area contributed by atoms with Crippen molar-refractivity contribution in [2.45, 2.75) is 13.3 Å². The van der Waals surface area contributed by atoms with Crippen molar-refractivity contribution >= 4 is 17.2 Å². The smallest absolute Gasteiger partial charge is 0.184 e. The molecular formula is C13H17N3O. The maximum atomic E-state index is 11.8. The number of hydrogen-bond acceptors (Lipinski definition) is 4. The number of nitrogens with one attached hydrogen (secondary N) is 1. The van der Waals surface area contributed by atoms with E-state index >= 15 is 0 Å². The molecule has 0 bridgehead atoms. The van der Waals surface area contributed by atoms with Crippen molar-refractivity contribution in [3.63, 3.8) is 0 Å². The number of nitrogens with two attached hydrogens (primary N) is 1. The minimum absolute atomic E-state index is 0.0670. The van der Waals surface area contributed by atoms with Crippen LogP contribution in [0.15, 0.2) is 23.2 Å². The van der Waals surface area contributed by atoms with Crippen LogP contribution in [0.4, 0.5) is 5.69 Å². The first-order chi connectivity index (χ1) is 8.26. The van der Waals surface area contributed by atoms with Gasteiger partial charge < -0.3 is 11.1 Å². The van der Waals surface area contributed by atoms with Gasteiger partial charge in [0.15, 0.2) is 5.78 Å². The van der Waals surface area contributed by atoms with Crippen LogP contribution in [-0.2, 0) is 0 Å². The summed E-state index contributed by atoms with van der Waals surface area (Å²) in [6, 6.07) is 5.80. The topological polar surface area (TPSA) is 67.5 Å². The summed E-state index contributed by atoms with van der Waals surface area (Å²) in [6.07, 6.45) is 1.06. The van der Waals surface area contributed by atoms with Crippen LogP contribution >= 0.6 is 0 Å². The van der Waals surface area contributed by atoms with Gasteiger partial charge >= 0.3 is 0 Å². The van der Waals surface area contributed by atoms with Gasteiger partial charge in [0, 0.05) is 29.9 Å². The maximum absolute atomic E-state index is 11.8. The predicted molar refractivity (Wildman–Crippen MR) is 70.0 cm³/mol. The molecular weight excluding hydrogens is 214 g/mol. The number of aliphatic imine (C=N–C) groups is 1. The fraction of sp³-hybridized carbons (Fsp3) is 0.385. The maximum Gasteiger partial charge on any atom is 0.184 e. The number of fused-ring (bicyclic) bond motifs is 1. The van der Waals surface area contributed by atoms with Crippen molar-refractivity contribution in [1.82, 2.24) is 0 Å². The highest BCUT2D eigenvalue weighted by atomic mass is 16.1. The van der Waals surface area contributed by atoms with Crippen molar-refractivity contribution in [2.75, 3.05) is 25.0 Å². The molecule has 1 aromatic rings. The van der Waals surface area contributed by atoms with Gasteiger partial charge in [0.25, 0.3) is 0 Å². The Morgan fingerprint density at radius 1 is 1.41 bits per heavy atom. The highest BCUT2D eigenvalue weighted by molar-refractivity contribution is 6.16. The molecule has 90 valence electrons. The van der Waals surface area contributed by atoms with Crippen LogP contribution in [0.1, 0.15) is 29.3 Å². The number of benzene rings is 1. The molecule has 0 atom stereocenters. The van der Waals surface area contributed by atoms with E-state index in [1.54, 1.807) is 0 Å². The minimum Gasteiger partial charge on any atom is -0.385 e. The fourth-order valence-electron chi connectivity index (χ4n) is 1.92. The Balaban J connectivity index is 2.34. The van der Waals surface area contributed by atoms with Crippen LogP contribution in [0.3, 0.4) is 0 Å². The third-order valence-corrected chi connectivity index (χ3v) is 2.82. The molecule has 1 heterocycles. The van der Waals surface area contributed by atoms with Crippen LogP contribution in [0, 0.1) is 0 Å². The van der Waals surface area contributed by atoms with E-state index < -0.39 is 0 Å². The van der Waals surface area contributed by atoms with E-state index in [1.165, 1.54) is 0 Å². The zero-order valence-corrected chi connectivity index (χ0v) is 9.99. The van der Waals surface area contributed by atoms with Crippen molar-refractivity contribution in [3.8, 4) is 0 Å². The zero-order chi connectivity index (χ0) is 12.3. The first-order valence-electron chi connectivity index (χ1n) is 5.91. The van der Waals surface area contributed by atoms with Gasteiger partial charge in [0.05, 0.1) is 5.71 Å². The van der Waals surface area contributed by atoms with Gasteiger partial charge in [-0.15, -0.1) is 0 Å². The van der Waals surface area contributed by atoms with Gasteiger partial charge in [-0.2, -0.15) is 0 Å². The summed E-state index contributed by atoms with van der Waals surface area (Å²) >= 11 is 0. The van der Waals surface area contributed by atoms with Crippen LogP contribution in [0.5, 0.6) is 0 Å². The van der Waals surface area contributed by atoms with E-state index in [0.717, 1.165) is 35.5 Å². The molecule has 0 saturated heterocycles. The SMILES string of the molecule is CCCNc1ccc2c(c1)C(=O)CN=C2CN. The summed E-state index contributed by atoms with van der Waals surface area (Å²) in [5.41, 5.74) is 9.05. The van der Waals surface area contributed by atoms with E-state index in [9.17, 15) is 4.79 Å². The monoisotopic (exact) mass is 231 g/mol. The summed E-state index contributed by atoms with van der Waals surface area (Å²) in [5.74, 6) is 0.0670. The molecule has 3 N–H and O–H groups in total. The molecule has 0 radical (unpaired) electrons.